The fourth-order valence-corrected chi connectivity index (χ4v) is 5.77. The van der Waals surface area contributed by atoms with Gasteiger partial charge in [-0.1, -0.05) is 74.2 Å². The second-order valence-electron chi connectivity index (χ2n) is 9.74. The smallest absolute Gasteiger partial charge is 0.250 e. The van der Waals surface area contributed by atoms with Crippen molar-refractivity contribution in [1.29, 1.82) is 0 Å². The van der Waals surface area contributed by atoms with E-state index >= 15 is 4.39 Å². The SMILES string of the molecule is COC1=C(C2CSC(N(CC3C=CC(C(=O)NCC(C)C)=CC3)C3C=CC=C[C@H]3F)=N2)C=CCC1. The van der Waals surface area contributed by atoms with E-state index in [2.05, 4.69) is 42.3 Å². The van der Waals surface area contributed by atoms with E-state index in [1.54, 1.807) is 31.0 Å². The number of alkyl halides is 1. The number of rotatable bonds is 8. The van der Waals surface area contributed by atoms with Crippen molar-refractivity contribution in [2.24, 2.45) is 16.8 Å². The van der Waals surface area contributed by atoms with Gasteiger partial charge in [0.1, 0.15) is 11.9 Å². The highest BCUT2D eigenvalue weighted by molar-refractivity contribution is 8.14. The monoisotopic (exact) mass is 497 g/mol. The molecule has 0 spiro atoms. The minimum absolute atomic E-state index is 0.0169. The van der Waals surface area contributed by atoms with Crippen molar-refractivity contribution in [2.45, 2.75) is 51.4 Å². The van der Waals surface area contributed by atoms with Crippen LogP contribution in [0.25, 0.3) is 0 Å². The van der Waals surface area contributed by atoms with Gasteiger partial charge >= 0.3 is 0 Å². The van der Waals surface area contributed by atoms with Crippen LogP contribution in [0, 0.1) is 11.8 Å². The van der Waals surface area contributed by atoms with Gasteiger partial charge in [-0.25, -0.2) is 4.39 Å². The zero-order chi connectivity index (χ0) is 24.8. The van der Waals surface area contributed by atoms with Crippen LogP contribution >= 0.6 is 11.8 Å². The lowest BCUT2D eigenvalue weighted by atomic mass is 9.94. The molecule has 5 nitrogen and oxygen atoms in total. The van der Waals surface area contributed by atoms with Gasteiger partial charge in [0.25, 0.3) is 5.91 Å². The summed E-state index contributed by atoms with van der Waals surface area (Å²) in [5.41, 5.74) is 1.84. The fraction of sp³-hybridized carbons (Fsp3) is 0.500. The number of amides is 1. The van der Waals surface area contributed by atoms with Crippen LogP contribution in [0.15, 0.2) is 76.6 Å². The lowest BCUT2D eigenvalue weighted by Gasteiger charge is -2.35. The highest BCUT2D eigenvalue weighted by atomic mass is 32.2. The molecule has 0 aromatic rings. The molecule has 0 aromatic heterocycles. The second kappa shape index (κ2) is 11.9. The van der Waals surface area contributed by atoms with E-state index in [0.29, 0.717) is 24.6 Å². The molecule has 3 aliphatic carbocycles. The highest BCUT2D eigenvalue weighted by Crippen LogP contribution is 2.34. The Morgan fingerprint density at radius 3 is 2.83 bits per heavy atom. The van der Waals surface area contributed by atoms with Crippen molar-refractivity contribution in [3.8, 4) is 0 Å². The van der Waals surface area contributed by atoms with Gasteiger partial charge in [0.2, 0.25) is 0 Å². The third kappa shape index (κ3) is 6.37. The number of methoxy groups -OCH3 is 1. The lowest BCUT2D eigenvalue weighted by molar-refractivity contribution is -0.117. The number of carbonyl (C=O) groups is 1. The maximum absolute atomic E-state index is 15.0. The average Bonchev–Trinajstić information content (AvgIpc) is 3.36. The Hall–Kier alpha value is -2.54. The first-order valence-electron chi connectivity index (χ1n) is 12.5. The van der Waals surface area contributed by atoms with E-state index in [1.165, 1.54) is 0 Å². The zero-order valence-electron chi connectivity index (χ0n) is 20.8. The minimum Gasteiger partial charge on any atom is -0.501 e. The van der Waals surface area contributed by atoms with Crippen LogP contribution in [0.4, 0.5) is 4.39 Å². The van der Waals surface area contributed by atoms with E-state index in [-0.39, 0.29) is 17.9 Å². The summed E-state index contributed by atoms with van der Waals surface area (Å²) >= 11 is 1.69. The summed E-state index contributed by atoms with van der Waals surface area (Å²) in [6, 6.07) is -0.376. The molecule has 1 amide bonds. The molecule has 35 heavy (non-hydrogen) atoms. The van der Waals surface area contributed by atoms with Crippen molar-refractivity contribution < 1.29 is 13.9 Å². The lowest BCUT2D eigenvalue weighted by Crippen LogP contribution is -2.45. The minimum atomic E-state index is -1.09. The van der Waals surface area contributed by atoms with E-state index in [1.807, 2.05) is 24.3 Å². The summed E-state index contributed by atoms with van der Waals surface area (Å²) in [5.74, 6) is 2.38. The van der Waals surface area contributed by atoms with Gasteiger partial charge in [0.05, 0.1) is 19.2 Å². The average molecular weight is 498 g/mol. The molecule has 4 rings (SSSR count). The normalized spacial score (nSPS) is 27.8. The summed E-state index contributed by atoms with van der Waals surface area (Å²) in [4.78, 5) is 19.6. The summed E-state index contributed by atoms with van der Waals surface area (Å²) in [6.45, 7) is 5.46. The summed E-state index contributed by atoms with van der Waals surface area (Å²) < 4.78 is 20.7. The Balaban J connectivity index is 1.49. The maximum Gasteiger partial charge on any atom is 0.250 e. The molecular formula is C28H36FN3O2S. The number of thioether (sulfide) groups is 1. The zero-order valence-corrected chi connectivity index (χ0v) is 21.6. The Morgan fingerprint density at radius 1 is 1.29 bits per heavy atom. The van der Waals surface area contributed by atoms with Gasteiger partial charge < -0.3 is 15.0 Å². The van der Waals surface area contributed by atoms with Crippen LogP contribution in [0.2, 0.25) is 0 Å². The molecule has 1 aliphatic heterocycles. The highest BCUT2D eigenvalue weighted by Gasteiger charge is 2.34. The fourth-order valence-electron chi connectivity index (χ4n) is 4.65. The number of nitrogens with one attached hydrogen (secondary N) is 1. The van der Waals surface area contributed by atoms with Crippen LogP contribution in [-0.2, 0) is 9.53 Å². The van der Waals surface area contributed by atoms with Gasteiger partial charge in [-0.15, -0.1) is 0 Å². The number of allylic oxidation sites excluding steroid dienone is 5. The van der Waals surface area contributed by atoms with E-state index in [0.717, 1.165) is 41.5 Å². The van der Waals surface area contributed by atoms with Gasteiger partial charge in [-0.3, -0.25) is 9.79 Å². The standard InChI is InChI=1S/C28H36FN3O2S/c1-19(2)16-30-27(33)21-14-12-20(13-15-21)17-32(25-10-6-5-9-23(25)29)28-31-24(18-35-28)22-8-4-7-11-26(22)34-3/h4-6,8-10,12,14-15,19-20,23-25H,7,11,13,16-18H2,1-3H3,(H,30,33)/t20?,23-,24?,25?/m1/s1. The molecule has 3 unspecified atom stereocenters. The van der Waals surface area contributed by atoms with Crippen LogP contribution in [0.1, 0.15) is 33.1 Å². The van der Waals surface area contributed by atoms with Crippen molar-refractivity contribution in [1.82, 2.24) is 10.2 Å². The number of halogens is 1. The Morgan fingerprint density at radius 2 is 2.11 bits per heavy atom. The third-order valence-electron chi connectivity index (χ3n) is 6.60. The first kappa shape index (κ1) is 25.5. The van der Waals surface area contributed by atoms with Crippen molar-refractivity contribution in [2.75, 3.05) is 26.0 Å². The molecule has 0 fully saturated rings. The van der Waals surface area contributed by atoms with Crippen molar-refractivity contribution in [3.63, 3.8) is 0 Å². The predicted molar refractivity (Wildman–Crippen MR) is 143 cm³/mol. The number of hydrogen-bond donors (Lipinski definition) is 1. The molecule has 0 saturated carbocycles. The largest absolute Gasteiger partial charge is 0.501 e. The van der Waals surface area contributed by atoms with E-state index in [4.69, 9.17) is 9.73 Å². The Bertz CT molecular complexity index is 1010. The Kier molecular flexibility index (Phi) is 8.71. The number of amidine groups is 1. The molecular weight excluding hydrogens is 461 g/mol. The topological polar surface area (TPSA) is 53.9 Å². The summed E-state index contributed by atoms with van der Waals surface area (Å²) in [7, 11) is 1.72. The van der Waals surface area contributed by atoms with E-state index < -0.39 is 12.2 Å². The first-order chi connectivity index (χ1) is 17.0. The number of nitrogens with zero attached hydrogens (tertiary/aromatic N) is 2. The van der Waals surface area contributed by atoms with Gasteiger partial charge in [0, 0.05) is 36.4 Å². The number of ether oxygens (including phenoxy) is 1. The van der Waals surface area contributed by atoms with Gasteiger partial charge in [0.15, 0.2) is 5.17 Å². The van der Waals surface area contributed by atoms with Gasteiger partial charge in [-0.05, 0) is 30.8 Å². The quantitative estimate of drug-likeness (QED) is 0.506. The molecule has 4 atom stereocenters. The number of hydrogen-bond acceptors (Lipinski definition) is 5. The van der Waals surface area contributed by atoms with E-state index in [9.17, 15) is 4.79 Å². The van der Waals surface area contributed by atoms with Crippen LogP contribution in [0.3, 0.4) is 0 Å². The van der Waals surface area contributed by atoms with Crippen LogP contribution in [0.5, 0.6) is 0 Å². The molecule has 0 saturated heterocycles. The molecule has 1 heterocycles. The van der Waals surface area contributed by atoms with Crippen LogP contribution in [-0.4, -0.2) is 60.2 Å². The molecule has 0 aromatic carbocycles. The van der Waals surface area contributed by atoms with Crippen LogP contribution < -0.4 is 5.32 Å². The second-order valence-corrected chi connectivity index (χ2v) is 10.7. The molecule has 0 bridgehead atoms. The maximum atomic E-state index is 15.0. The molecule has 188 valence electrons. The van der Waals surface area contributed by atoms with Crippen molar-refractivity contribution >= 4 is 22.8 Å². The summed E-state index contributed by atoms with van der Waals surface area (Å²) in [5, 5.41) is 3.85. The molecule has 1 N–H and O–H groups in total. The third-order valence-corrected chi connectivity index (χ3v) is 7.68. The molecule has 7 heteroatoms. The molecule has 4 aliphatic rings. The number of carbonyl (C=O) groups excluding carboxylic acids is 1. The molecule has 0 radical (unpaired) electrons. The predicted octanol–water partition coefficient (Wildman–Crippen LogP) is 5.12. The first-order valence-corrected chi connectivity index (χ1v) is 13.5. The number of aliphatic imine (C=N–C) groups is 1. The van der Waals surface area contributed by atoms with Gasteiger partial charge in [-0.2, -0.15) is 0 Å². The Labute approximate surface area is 212 Å². The van der Waals surface area contributed by atoms with Crippen molar-refractivity contribution in [3.05, 3.63) is 71.6 Å². The summed E-state index contributed by atoms with van der Waals surface area (Å²) in [6.07, 6.45) is 19.0.